The molecule has 1 heterocycles. The van der Waals surface area contributed by atoms with Crippen LogP contribution < -0.4 is 0 Å². The van der Waals surface area contributed by atoms with Gasteiger partial charge in [-0.3, -0.25) is 4.79 Å². The highest BCUT2D eigenvalue weighted by Gasteiger charge is 2.41. The van der Waals surface area contributed by atoms with Gasteiger partial charge in [0.2, 0.25) is 0 Å². The van der Waals surface area contributed by atoms with Gasteiger partial charge in [0, 0.05) is 13.1 Å². The topological polar surface area (TPSA) is 104 Å². The third-order valence-corrected chi connectivity index (χ3v) is 3.53. The summed E-state index contributed by atoms with van der Waals surface area (Å²) < 4.78 is 16.9. The van der Waals surface area contributed by atoms with Gasteiger partial charge < -0.3 is 18.8 Å². The van der Waals surface area contributed by atoms with Gasteiger partial charge >= 0.3 is 18.2 Å². The first-order valence-electron chi connectivity index (χ1n) is 9.15. The maximum Gasteiger partial charge on any atom is 0.420 e. The first-order chi connectivity index (χ1) is 13.2. The predicted octanol–water partition coefficient (Wildman–Crippen LogP) is 3.40. The number of carbonyl (C=O) groups is 4. The number of rotatable bonds is 5. The van der Waals surface area contributed by atoms with E-state index in [0.717, 1.165) is 7.11 Å². The lowest BCUT2D eigenvalue weighted by Gasteiger charge is -2.32. The van der Waals surface area contributed by atoms with Crippen molar-refractivity contribution < 1.29 is 33.4 Å². The van der Waals surface area contributed by atoms with Gasteiger partial charge in [-0.25, -0.2) is 14.4 Å². The molecule has 0 bridgehead atoms. The zero-order valence-corrected chi connectivity index (χ0v) is 18.3. The second-order valence-electron chi connectivity index (χ2n) is 8.47. The summed E-state index contributed by atoms with van der Waals surface area (Å²) in [5.41, 5.74) is -1.53. The lowest BCUT2D eigenvalue weighted by Crippen LogP contribution is -2.53. The molecule has 0 N–H and O–H groups in total. The number of carbonyl (C=O) groups excluding carboxylic acids is 4. The van der Waals surface area contributed by atoms with Crippen molar-refractivity contribution in [3.63, 3.8) is 0 Å². The molecule has 0 spiro atoms. The van der Waals surface area contributed by atoms with Gasteiger partial charge in [-0.2, -0.15) is 4.90 Å². The first kappa shape index (κ1) is 24.2. The fourth-order valence-corrected chi connectivity index (χ4v) is 2.43. The molecule has 29 heavy (non-hydrogen) atoms. The van der Waals surface area contributed by atoms with Gasteiger partial charge in [-0.1, -0.05) is 0 Å². The fraction of sp³-hybridized carbons (Fsp3) is 0.600. The van der Waals surface area contributed by atoms with Crippen LogP contribution in [0.4, 0.5) is 9.59 Å². The second-order valence-corrected chi connectivity index (χ2v) is 8.47. The van der Waals surface area contributed by atoms with E-state index < -0.39 is 35.4 Å². The summed E-state index contributed by atoms with van der Waals surface area (Å²) in [6.07, 6.45) is -0.549. The summed E-state index contributed by atoms with van der Waals surface area (Å²) in [6.45, 7) is 11.0. The highest BCUT2D eigenvalue weighted by atomic mass is 16.6. The molecule has 1 aromatic heterocycles. The Morgan fingerprint density at radius 1 is 1.00 bits per heavy atom. The van der Waals surface area contributed by atoms with E-state index in [9.17, 15) is 19.2 Å². The molecule has 1 atom stereocenters. The van der Waals surface area contributed by atoms with E-state index in [1.165, 1.54) is 11.5 Å². The van der Waals surface area contributed by atoms with E-state index in [2.05, 4.69) is 0 Å². The minimum Gasteiger partial charge on any atom is -0.467 e. The molecule has 0 saturated heterocycles. The number of hydrogen-bond acceptors (Lipinski definition) is 7. The maximum absolute atomic E-state index is 12.8. The number of imide groups is 1. The van der Waals surface area contributed by atoms with Crippen molar-refractivity contribution in [1.82, 2.24) is 9.47 Å². The fourth-order valence-electron chi connectivity index (χ4n) is 2.43. The molecule has 1 rings (SSSR count). The van der Waals surface area contributed by atoms with Crippen LogP contribution in [0.2, 0.25) is 0 Å². The Morgan fingerprint density at radius 3 is 1.86 bits per heavy atom. The molecule has 2 amide bonds. The van der Waals surface area contributed by atoms with Crippen LogP contribution in [-0.2, 0) is 25.5 Å². The summed E-state index contributed by atoms with van der Waals surface area (Å²) in [5.74, 6) is -1.09. The average molecular weight is 410 g/mol. The molecule has 0 aliphatic rings. The minimum atomic E-state index is -1.41. The lowest BCUT2D eigenvalue weighted by molar-refractivity contribution is -0.147. The summed E-state index contributed by atoms with van der Waals surface area (Å²) in [7, 11) is 1.14. The van der Waals surface area contributed by atoms with Crippen molar-refractivity contribution in [1.29, 1.82) is 0 Å². The van der Waals surface area contributed by atoms with Crippen LogP contribution >= 0.6 is 0 Å². The number of Topliss-reactive ketones (excluding diaryl/α,β-unsaturated/α-hetero) is 1. The van der Waals surface area contributed by atoms with Gasteiger partial charge in [0.1, 0.15) is 11.2 Å². The monoisotopic (exact) mass is 410 g/mol. The molecule has 0 aromatic carbocycles. The smallest absolute Gasteiger partial charge is 0.420 e. The first-order valence-corrected chi connectivity index (χ1v) is 9.15. The van der Waals surface area contributed by atoms with Crippen molar-refractivity contribution in [2.24, 2.45) is 0 Å². The Balaban J connectivity index is 3.40. The molecule has 0 aliphatic heterocycles. The van der Waals surface area contributed by atoms with Crippen LogP contribution in [-0.4, -0.2) is 57.8 Å². The van der Waals surface area contributed by atoms with Crippen LogP contribution in [0.1, 0.15) is 59.0 Å². The molecule has 162 valence electrons. The number of nitrogens with zero attached hydrogens (tertiary/aromatic N) is 2. The van der Waals surface area contributed by atoms with E-state index in [0.29, 0.717) is 10.6 Å². The lowest BCUT2D eigenvalue weighted by atomic mass is 10.2. The highest BCUT2D eigenvalue weighted by molar-refractivity contribution is 5.95. The molecule has 9 heteroatoms. The maximum atomic E-state index is 12.8. The number of hydrogen-bond donors (Lipinski definition) is 0. The van der Waals surface area contributed by atoms with E-state index >= 15 is 0 Å². The van der Waals surface area contributed by atoms with Gasteiger partial charge in [-0.05, 0) is 53.7 Å². The molecular weight excluding hydrogens is 380 g/mol. The molecule has 0 fully saturated rings. The van der Waals surface area contributed by atoms with Gasteiger partial charge in [0.15, 0.2) is 11.8 Å². The third-order valence-electron chi connectivity index (χ3n) is 3.53. The van der Waals surface area contributed by atoms with Gasteiger partial charge in [0.05, 0.1) is 19.3 Å². The third kappa shape index (κ3) is 7.24. The van der Waals surface area contributed by atoms with Crippen LogP contribution in [0.5, 0.6) is 0 Å². The normalized spacial score (nSPS) is 12.7. The summed E-state index contributed by atoms with van der Waals surface area (Å²) >= 11 is 0. The van der Waals surface area contributed by atoms with Crippen molar-refractivity contribution >= 4 is 23.9 Å². The van der Waals surface area contributed by atoms with Gasteiger partial charge in [0.25, 0.3) is 0 Å². The highest BCUT2D eigenvalue weighted by Crippen LogP contribution is 2.19. The standard InChI is InChI=1S/C20H30N2O7/c1-13(23)14-10-9-11-21(14)12-15(16(24)27-8)22(17(25)28-19(2,3)4)18(26)29-20(5,6)7/h9-11,15H,12H2,1-8H3/t15-/m0/s1. The van der Waals surface area contributed by atoms with E-state index in [1.807, 2.05) is 0 Å². The Labute approximate surface area is 170 Å². The van der Waals surface area contributed by atoms with Crippen molar-refractivity contribution in [3.8, 4) is 0 Å². The molecule has 0 unspecified atom stereocenters. The van der Waals surface area contributed by atoms with E-state index in [-0.39, 0.29) is 12.3 Å². The molecule has 0 aliphatic carbocycles. The Bertz CT molecular complexity index is 741. The molecule has 1 aromatic rings. The Morgan fingerprint density at radius 2 is 1.48 bits per heavy atom. The SMILES string of the molecule is COC(=O)[C@H](Cn1cccc1C(C)=O)N(C(=O)OC(C)(C)C)C(=O)OC(C)(C)C. The van der Waals surface area contributed by atoms with Crippen LogP contribution in [0.25, 0.3) is 0 Å². The van der Waals surface area contributed by atoms with Crippen LogP contribution in [0, 0.1) is 0 Å². The largest absolute Gasteiger partial charge is 0.467 e. The van der Waals surface area contributed by atoms with Crippen molar-refractivity contribution in [3.05, 3.63) is 24.0 Å². The number of esters is 1. The number of aromatic nitrogens is 1. The molecule has 0 saturated carbocycles. The molecular formula is C20H30N2O7. The molecule has 9 nitrogen and oxygen atoms in total. The average Bonchev–Trinajstić information content (AvgIpc) is 2.98. The number of ether oxygens (including phenoxy) is 3. The second kappa shape index (κ2) is 9.11. The number of ketones is 1. The Hall–Kier alpha value is -2.84. The predicted molar refractivity (Wildman–Crippen MR) is 105 cm³/mol. The number of amides is 2. The summed E-state index contributed by atoms with van der Waals surface area (Å²) in [4.78, 5) is 50.6. The zero-order valence-electron chi connectivity index (χ0n) is 18.3. The van der Waals surface area contributed by atoms with E-state index in [1.54, 1.807) is 59.9 Å². The number of methoxy groups -OCH3 is 1. The summed E-state index contributed by atoms with van der Waals surface area (Å²) in [6, 6.07) is 1.79. The van der Waals surface area contributed by atoms with Gasteiger partial charge in [-0.15, -0.1) is 0 Å². The van der Waals surface area contributed by atoms with Crippen molar-refractivity contribution in [2.45, 2.75) is 72.3 Å². The van der Waals surface area contributed by atoms with Crippen LogP contribution in [0.15, 0.2) is 18.3 Å². The minimum absolute atomic E-state index is 0.201. The zero-order chi connectivity index (χ0) is 22.6. The summed E-state index contributed by atoms with van der Waals surface area (Å²) in [5, 5.41) is 0. The quantitative estimate of drug-likeness (QED) is 0.416. The Kier molecular flexibility index (Phi) is 7.60. The van der Waals surface area contributed by atoms with Crippen LogP contribution in [0.3, 0.4) is 0 Å². The van der Waals surface area contributed by atoms with Crippen molar-refractivity contribution in [2.75, 3.05) is 7.11 Å². The molecule has 0 radical (unpaired) electrons. The van der Waals surface area contributed by atoms with E-state index in [4.69, 9.17) is 14.2 Å².